The minimum absolute atomic E-state index is 0.109. The Bertz CT molecular complexity index is 1440. The summed E-state index contributed by atoms with van der Waals surface area (Å²) in [6.07, 6.45) is 4.98. The van der Waals surface area contributed by atoms with Crippen LogP contribution in [-0.4, -0.2) is 35.5 Å². The van der Waals surface area contributed by atoms with Crippen LogP contribution in [0.1, 0.15) is 24.1 Å². The van der Waals surface area contributed by atoms with E-state index in [1.807, 2.05) is 36.8 Å². The average molecular weight is 465 g/mol. The second-order valence-electron chi connectivity index (χ2n) is 7.85. The van der Waals surface area contributed by atoms with Gasteiger partial charge in [-0.25, -0.2) is 23.1 Å². The number of thiazole rings is 1. The van der Waals surface area contributed by atoms with E-state index in [4.69, 9.17) is 5.26 Å². The molecule has 0 saturated heterocycles. The van der Waals surface area contributed by atoms with Crippen molar-refractivity contribution in [2.75, 3.05) is 5.32 Å². The number of pyridine rings is 1. The van der Waals surface area contributed by atoms with E-state index in [0.29, 0.717) is 18.4 Å². The number of benzene rings is 1. The molecule has 0 bridgehead atoms. The Balaban J connectivity index is 1.32. The molecule has 4 aromatic rings. The van der Waals surface area contributed by atoms with E-state index < -0.39 is 10.0 Å². The molecule has 10 heteroatoms. The van der Waals surface area contributed by atoms with Crippen molar-refractivity contribution in [2.24, 2.45) is 0 Å². The molecule has 1 aliphatic rings. The number of nitriles is 1. The Morgan fingerprint density at radius 3 is 2.84 bits per heavy atom. The number of aromatic nitrogens is 3. The molecule has 1 aromatic carbocycles. The molecule has 0 atom stereocenters. The highest BCUT2D eigenvalue weighted by atomic mass is 32.2. The molecule has 0 unspecified atom stereocenters. The average Bonchev–Trinajstić information content (AvgIpc) is 3.41. The normalized spacial score (nSPS) is 18.2. The zero-order chi connectivity index (χ0) is 22.3. The number of H-pyrrole nitrogens is 1. The first-order chi connectivity index (χ1) is 15.4. The van der Waals surface area contributed by atoms with E-state index in [1.165, 1.54) is 12.1 Å². The molecule has 0 spiro atoms. The SMILES string of the molecule is Cc1csc(-c2cnc3[nH]ccc3c2N[C@H]2C[C@@H](NS(=O)(=O)c3cccc(C#N)c3)C2)n1. The summed E-state index contributed by atoms with van der Waals surface area (Å²) in [4.78, 5) is 12.4. The van der Waals surface area contributed by atoms with Crippen LogP contribution in [0.2, 0.25) is 0 Å². The number of hydrogen-bond acceptors (Lipinski definition) is 7. The Labute approximate surface area is 189 Å². The van der Waals surface area contributed by atoms with Crippen molar-refractivity contribution in [3.05, 3.63) is 59.4 Å². The lowest BCUT2D eigenvalue weighted by molar-refractivity contribution is 0.346. The third-order valence-electron chi connectivity index (χ3n) is 5.52. The Hall–Kier alpha value is -3.26. The first kappa shape index (κ1) is 20.6. The number of fused-ring (bicyclic) bond motifs is 1. The molecule has 162 valence electrons. The van der Waals surface area contributed by atoms with E-state index in [9.17, 15) is 8.42 Å². The fourth-order valence-electron chi connectivity index (χ4n) is 3.86. The fraction of sp³-hybridized carbons (Fsp3) is 0.227. The van der Waals surface area contributed by atoms with Gasteiger partial charge >= 0.3 is 0 Å². The van der Waals surface area contributed by atoms with E-state index in [0.717, 1.165) is 33.0 Å². The van der Waals surface area contributed by atoms with Crippen LogP contribution in [0.5, 0.6) is 0 Å². The molecule has 3 heterocycles. The summed E-state index contributed by atoms with van der Waals surface area (Å²) in [5.41, 5.74) is 3.97. The summed E-state index contributed by atoms with van der Waals surface area (Å²) >= 11 is 1.57. The van der Waals surface area contributed by atoms with Gasteiger partial charge in [0.2, 0.25) is 10.0 Å². The van der Waals surface area contributed by atoms with Gasteiger partial charge in [0.25, 0.3) is 0 Å². The first-order valence-electron chi connectivity index (χ1n) is 10.1. The molecular weight excluding hydrogens is 444 g/mol. The molecule has 3 N–H and O–H groups in total. The van der Waals surface area contributed by atoms with Crippen molar-refractivity contribution < 1.29 is 8.42 Å². The molecule has 8 nitrogen and oxygen atoms in total. The van der Waals surface area contributed by atoms with E-state index in [-0.39, 0.29) is 17.0 Å². The summed E-state index contributed by atoms with van der Waals surface area (Å²) in [6, 6.07) is 9.95. The van der Waals surface area contributed by atoms with Crippen LogP contribution in [-0.2, 0) is 10.0 Å². The lowest BCUT2D eigenvalue weighted by Crippen LogP contribution is -2.49. The van der Waals surface area contributed by atoms with E-state index >= 15 is 0 Å². The number of nitrogens with zero attached hydrogens (tertiary/aromatic N) is 3. The van der Waals surface area contributed by atoms with Gasteiger partial charge in [-0.2, -0.15) is 5.26 Å². The van der Waals surface area contributed by atoms with Gasteiger partial charge in [-0.05, 0) is 44.0 Å². The number of anilines is 1. The standard InChI is InChI=1S/C22H20N6O2S2/c1-13-12-31-22(26-13)19-11-25-21-18(5-6-24-21)20(19)27-15-8-16(9-15)28-32(29,30)17-4-2-3-14(7-17)10-23/h2-7,11-12,15-16,28H,8-9H2,1H3,(H2,24,25,27)/t15-,16+. The van der Waals surface area contributed by atoms with Gasteiger partial charge in [0.05, 0.1) is 27.8 Å². The zero-order valence-corrected chi connectivity index (χ0v) is 18.8. The van der Waals surface area contributed by atoms with E-state index in [1.54, 1.807) is 23.5 Å². The number of aryl methyl sites for hydroxylation is 1. The second kappa shape index (κ2) is 8.02. The molecule has 0 amide bonds. The minimum Gasteiger partial charge on any atom is -0.381 e. The predicted octanol–water partition coefficient (Wildman–Crippen LogP) is 3.79. The van der Waals surface area contributed by atoms with Crippen LogP contribution < -0.4 is 10.0 Å². The third kappa shape index (κ3) is 3.86. The largest absolute Gasteiger partial charge is 0.381 e. The van der Waals surface area contributed by atoms with Crippen LogP contribution in [0.4, 0.5) is 5.69 Å². The smallest absolute Gasteiger partial charge is 0.240 e. The number of rotatable bonds is 6. The van der Waals surface area contributed by atoms with Crippen LogP contribution >= 0.6 is 11.3 Å². The van der Waals surface area contributed by atoms with Gasteiger partial charge in [-0.3, -0.25) is 0 Å². The van der Waals surface area contributed by atoms with Gasteiger partial charge in [-0.15, -0.1) is 11.3 Å². The van der Waals surface area contributed by atoms with Crippen molar-refractivity contribution in [1.82, 2.24) is 19.7 Å². The number of nitrogens with one attached hydrogen (secondary N) is 3. The lowest BCUT2D eigenvalue weighted by Gasteiger charge is -2.37. The quantitative estimate of drug-likeness (QED) is 0.399. The fourth-order valence-corrected chi connectivity index (χ4v) is 5.98. The Kier molecular flexibility index (Phi) is 5.17. The van der Waals surface area contributed by atoms with Crippen molar-refractivity contribution in [1.29, 1.82) is 5.26 Å². The van der Waals surface area contributed by atoms with Crippen molar-refractivity contribution in [3.8, 4) is 16.6 Å². The van der Waals surface area contributed by atoms with Gasteiger partial charge in [0.15, 0.2) is 0 Å². The van der Waals surface area contributed by atoms with Crippen LogP contribution in [0, 0.1) is 18.3 Å². The summed E-state index contributed by atoms with van der Waals surface area (Å²) in [5, 5.41) is 16.5. The number of sulfonamides is 1. The molecule has 3 aromatic heterocycles. The maximum absolute atomic E-state index is 12.7. The second-order valence-corrected chi connectivity index (χ2v) is 10.4. The lowest BCUT2D eigenvalue weighted by atomic mass is 9.87. The summed E-state index contributed by atoms with van der Waals surface area (Å²) in [5.74, 6) is 0. The van der Waals surface area contributed by atoms with Gasteiger partial charge in [0.1, 0.15) is 10.7 Å². The highest BCUT2D eigenvalue weighted by Crippen LogP contribution is 2.37. The number of hydrogen-bond donors (Lipinski definition) is 3. The van der Waals surface area contributed by atoms with Crippen LogP contribution in [0.3, 0.4) is 0 Å². The molecule has 5 rings (SSSR count). The third-order valence-corrected chi connectivity index (χ3v) is 8.03. The molecule has 1 fully saturated rings. The van der Waals surface area contributed by atoms with Gasteiger partial charge < -0.3 is 10.3 Å². The monoisotopic (exact) mass is 464 g/mol. The molecular formula is C22H20N6O2S2. The summed E-state index contributed by atoms with van der Waals surface area (Å²) in [7, 11) is -3.68. The summed E-state index contributed by atoms with van der Waals surface area (Å²) < 4.78 is 28.1. The predicted molar refractivity (Wildman–Crippen MR) is 124 cm³/mol. The van der Waals surface area contributed by atoms with Crippen molar-refractivity contribution >= 4 is 38.1 Å². The van der Waals surface area contributed by atoms with Crippen molar-refractivity contribution in [3.63, 3.8) is 0 Å². The maximum atomic E-state index is 12.7. The zero-order valence-electron chi connectivity index (χ0n) is 17.2. The Morgan fingerprint density at radius 1 is 1.25 bits per heavy atom. The topological polar surface area (TPSA) is 124 Å². The molecule has 32 heavy (non-hydrogen) atoms. The molecule has 1 saturated carbocycles. The van der Waals surface area contributed by atoms with Crippen molar-refractivity contribution in [2.45, 2.75) is 36.7 Å². The first-order valence-corrected chi connectivity index (χ1v) is 12.5. The van der Waals surface area contributed by atoms with Crippen LogP contribution in [0.15, 0.2) is 53.0 Å². The van der Waals surface area contributed by atoms with Crippen LogP contribution in [0.25, 0.3) is 21.6 Å². The number of aromatic amines is 1. The van der Waals surface area contributed by atoms with E-state index in [2.05, 4.69) is 25.0 Å². The highest BCUT2D eigenvalue weighted by molar-refractivity contribution is 7.89. The minimum atomic E-state index is -3.68. The molecule has 0 radical (unpaired) electrons. The Morgan fingerprint density at radius 2 is 2.09 bits per heavy atom. The summed E-state index contributed by atoms with van der Waals surface area (Å²) in [6.45, 7) is 1.96. The van der Waals surface area contributed by atoms with Gasteiger partial charge in [-0.1, -0.05) is 6.07 Å². The van der Waals surface area contributed by atoms with Gasteiger partial charge in [0, 0.05) is 40.9 Å². The molecule has 0 aliphatic heterocycles. The molecule has 1 aliphatic carbocycles. The maximum Gasteiger partial charge on any atom is 0.240 e. The highest BCUT2D eigenvalue weighted by Gasteiger charge is 2.33.